The first kappa shape index (κ1) is 14.1. The number of ether oxygens (including phenoxy) is 2. The van der Waals surface area contributed by atoms with E-state index in [-0.39, 0.29) is 17.3 Å². The highest BCUT2D eigenvalue weighted by molar-refractivity contribution is 5.21. The van der Waals surface area contributed by atoms with E-state index in [0.29, 0.717) is 26.2 Å². The molecule has 0 spiro atoms. The second-order valence-electron chi connectivity index (χ2n) is 4.20. The van der Waals surface area contributed by atoms with Crippen molar-refractivity contribution in [3.05, 3.63) is 52.4 Å². The van der Waals surface area contributed by atoms with Crippen molar-refractivity contribution in [1.82, 2.24) is 9.97 Å². The molecule has 0 aliphatic rings. The fraction of sp³-hybridized carbons (Fsp3) is 0.286. The van der Waals surface area contributed by atoms with Gasteiger partial charge in [-0.15, -0.1) is 0 Å². The van der Waals surface area contributed by atoms with Crippen LogP contribution in [0.4, 0.5) is 5.95 Å². The summed E-state index contributed by atoms with van der Waals surface area (Å²) in [7, 11) is 0. The van der Waals surface area contributed by atoms with E-state index >= 15 is 0 Å². The molecule has 0 aliphatic heterocycles. The van der Waals surface area contributed by atoms with E-state index in [1.807, 2.05) is 30.3 Å². The van der Waals surface area contributed by atoms with E-state index in [2.05, 4.69) is 9.97 Å². The lowest BCUT2D eigenvalue weighted by Gasteiger charge is -2.06. The van der Waals surface area contributed by atoms with E-state index in [0.717, 1.165) is 5.56 Å². The maximum atomic E-state index is 11.4. The number of aromatic amines is 1. The average molecular weight is 275 g/mol. The molecule has 20 heavy (non-hydrogen) atoms. The van der Waals surface area contributed by atoms with Gasteiger partial charge in [-0.3, -0.25) is 9.78 Å². The van der Waals surface area contributed by atoms with Gasteiger partial charge in [0.1, 0.15) is 0 Å². The number of nitrogen functional groups attached to an aromatic ring is 1. The molecule has 1 aromatic carbocycles. The molecule has 0 bridgehead atoms. The lowest BCUT2D eigenvalue weighted by molar-refractivity contribution is 0.107. The third-order valence-electron chi connectivity index (χ3n) is 2.59. The van der Waals surface area contributed by atoms with Crippen LogP contribution in [0, 0.1) is 0 Å². The first-order valence-corrected chi connectivity index (χ1v) is 6.35. The van der Waals surface area contributed by atoms with E-state index < -0.39 is 0 Å². The van der Waals surface area contributed by atoms with E-state index in [1.54, 1.807) is 0 Å². The molecule has 6 nitrogen and oxygen atoms in total. The number of anilines is 1. The largest absolute Gasteiger partial charge is 0.487 e. The Morgan fingerprint density at radius 3 is 2.75 bits per heavy atom. The zero-order valence-corrected chi connectivity index (χ0v) is 11.0. The van der Waals surface area contributed by atoms with Gasteiger partial charge in [-0.25, -0.2) is 4.98 Å². The smallest absolute Gasteiger partial charge is 0.294 e. The molecule has 2 aromatic rings. The monoisotopic (exact) mass is 275 g/mol. The van der Waals surface area contributed by atoms with Crippen LogP contribution in [0.25, 0.3) is 0 Å². The molecular formula is C14H17N3O3. The summed E-state index contributed by atoms with van der Waals surface area (Å²) in [6.07, 6.45) is 2.01. The lowest BCUT2D eigenvalue weighted by atomic mass is 10.2. The minimum absolute atomic E-state index is 0.0774. The Morgan fingerprint density at radius 2 is 2.00 bits per heavy atom. The third-order valence-corrected chi connectivity index (χ3v) is 2.59. The van der Waals surface area contributed by atoms with Gasteiger partial charge in [0.2, 0.25) is 5.75 Å². The van der Waals surface area contributed by atoms with Crippen LogP contribution >= 0.6 is 0 Å². The normalized spacial score (nSPS) is 10.4. The van der Waals surface area contributed by atoms with Crippen molar-refractivity contribution in [3.8, 4) is 5.75 Å². The molecule has 0 atom stereocenters. The van der Waals surface area contributed by atoms with E-state index in [4.69, 9.17) is 15.2 Å². The fourth-order valence-electron chi connectivity index (χ4n) is 1.61. The number of nitrogens with two attached hydrogens (primary N) is 1. The summed E-state index contributed by atoms with van der Waals surface area (Å²) in [6, 6.07) is 9.94. The van der Waals surface area contributed by atoms with Crippen LogP contribution in [0.2, 0.25) is 0 Å². The predicted octanol–water partition coefficient (Wildman–Crippen LogP) is 1.34. The molecule has 0 unspecified atom stereocenters. The molecule has 0 saturated heterocycles. The molecule has 0 amide bonds. The number of hydrogen-bond donors (Lipinski definition) is 2. The van der Waals surface area contributed by atoms with Crippen molar-refractivity contribution in [1.29, 1.82) is 0 Å². The molecule has 0 aliphatic carbocycles. The van der Waals surface area contributed by atoms with E-state index in [1.165, 1.54) is 6.20 Å². The summed E-state index contributed by atoms with van der Waals surface area (Å²) >= 11 is 0. The number of benzene rings is 1. The first-order chi connectivity index (χ1) is 9.75. The van der Waals surface area contributed by atoms with Crippen LogP contribution in [0.5, 0.6) is 5.75 Å². The summed E-state index contributed by atoms with van der Waals surface area (Å²) in [5.41, 5.74) is 6.09. The number of H-pyrrole nitrogens is 1. The third kappa shape index (κ3) is 4.40. The quantitative estimate of drug-likeness (QED) is 0.744. The molecule has 106 valence electrons. The van der Waals surface area contributed by atoms with Crippen molar-refractivity contribution >= 4 is 5.95 Å². The zero-order chi connectivity index (χ0) is 14.2. The van der Waals surface area contributed by atoms with Crippen LogP contribution in [-0.4, -0.2) is 23.2 Å². The van der Waals surface area contributed by atoms with Crippen LogP contribution in [0.3, 0.4) is 0 Å². The highest BCUT2D eigenvalue weighted by Crippen LogP contribution is 2.03. The van der Waals surface area contributed by atoms with Gasteiger partial charge in [0.25, 0.3) is 5.56 Å². The highest BCUT2D eigenvalue weighted by Gasteiger charge is 2.01. The Morgan fingerprint density at radius 1 is 1.20 bits per heavy atom. The van der Waals surface area contributed by atoms with Gasteiger partial charge < -0.3 is 15.2 Å². The molecule has 0 fully saturated rings. The van der Waals surface area contributed by atoms with E-state index in [9.17, 15) is 4.79 Å². The summed E-state index contributed by atoms with van der Waals surface area (Å²) < 4.78 is 10.8. The molecule has 0 saturated carbocycles. The second kappa shape index (κ2) is 7.30. The Kier molecular flexibility index (Phi) is 5.14. The van der Waals surface area contributed by atoms with Crippen LogP contribution in [0.1, 0.15) is 12.0 Å². The SMILES string of the molecule is Nc1ncc(OCCCOCc2ccccc2)c(=O)[nH]1. The Hall–Kier alpha value is -2.34. The van der Waals surface area contributed by atoms with Gasteiger partial charge in [0.05, 0.1) is 26.0 Å². The zero-order valence-electron chi connectivity index (χ0n) is 11.0. The van der Waals surface area contributed by atoms with Crippen LogP contribution in [0.15, 0.2) is 41.3 Å². The fourth-order valence-corrected chi connectivity index (χ4v) is 1.61. The van der Waals surface area contributed by atoms with Gasteiger partial charge in [0, 0.05) is 6.42 Å². The molecule has 0 radical (unpaired) electrons. The van der Waals surface area contributed by atoms with Crippen molar-refractivity contribution in [3.63, 3.8) is 0 Å². The van der Waals surface area contributed by atoms with Crippen LogP contribution < -0.4 is 16.0 Å². The van der Waals surface area contributed by atoms with Gasteiger partial charge in [-0.05, 0) is 5.56 Å². The minimum Gasteiger partial charge on any atom is -0.487 e. The summed E-state index contributed by atoms with van der Waals surface area (Å²) in [5, 5.41) is 0. The molecule has 3 N–H and O–H groups in total. The molecule has 6 heteroatoms. The maximum absolute atomic E-state index is 11.4. The van der Waals surface area contributed by atoms with Gasteiger partial charge in [-0.1, -0.05) is 30.3 Å². The summed E-state index contributed by atoms with van der Waals surface area (Å²) in [4.78, 5) is 17.5. The molecule has 1 aromatic heterocycles. The summed E-state index contributed by atoms with van der Waals surface area (Å²) in [6.45, 7) is 1.53. The second-order valence-corrected chi connectivity index (χ2v) is 4.20. The van der Waals surface area contributed by atoms with Crippen molar-refractivity contribution in [2.45, 2.75) is 13.0 Å². The standard InChI is InChI=1S/C14H17N3O3/c15-14-16-9-12(13(18)17-14)20-8-4-7-19-10-11-5-2-1-3-6-11/h1-3,5-6,9H,4,7-8,10H2,(H3,15,16,17,18). The Bertz CT molecular complexity index is 584. The van der Waals surface area contributed by atoms with Crippen molar-refractivity contribution in [2.75, 3.05) is 18.9 Å². The topological polar surface area (TPSA) is 90.2 Å². The molecule has 1 heterocycles. The van der Waals surface area contributed by atoms with Crippen molar-refractivity contribution in [2.24, 2.45) is 0 Å². The number of rotatable bonds is 7. The van der Waals surface area contributed by atoms with Gasteiger partial charge >= 0.3 is 0 Å². The number of hydrogen-bond acceptors (Lipinski definition) is 5. The molecule has 2 rings (SSSR count). The maximum Gasteiger partial charge on any atom is 0.294 e. The number of nitrogens with zero attached hydrogens (tertiary/aromatic N) is 1. The highest BCUT2D eigenvalue weighted by atomic mass is 16.5. The predicted molar refractivity (Wildman–Crippen MR) is 75.5 cm³/mol. The van der Waals surface area contributed by atoms with Crippen LogP contribution in [-0.2, 0) is 11.3 Å². The van der Waals surface area contributed by atoms with Gasteiger partial charge in [-0.2, -0.15) is 0 Å². The Balaban J connectivity index is 1.63. The lowest BCUT2D eigenvalue weighted by Crippen LogP contribution is -2.15. The first-order valence-electron chi connectivity index (χ1n) is 6.35. The number of nitrogens with one attached hydrogen (secondary N) is 1. The van der Waals surface area contributed by atoms with Crippen molar-refractivity contribution < 1.29 is 9.47 Å². The average Bonchev–Trinajstić information content (AvgIpc) is 2.46. The number of aromatic nitrogens is 2. The van der Waals surface area contributed by atoms with Gasteiger partial charge in [0.15, 0.2) is 5.95 Å². The molecular weight excluding hydrogens is 258 g/mol. The summed E-state index contributed by atoms with van der Waals surface area (Å²) in [5.74, 6) is 0.246. The minimum atomic E-state index is -0.372. The Labute approximate surface area is 116 Å².